The van der Waals surface area contributed by atoms with Gasteiger partial charge in [-0.15, -0.1) is 11.3 Å². The van der Waals surface area contributed by atoms with Gasteiger partial charge in [0.25, 0.3) is 0 Å². The molecule has 6 heteroatoms. The van der Waals surface area contributed by atoms with Crippen molar-refractivity contribution in [3.8, 4) is 0 Å². The quantitative estimate of drug-likeness (QED) is 0.726. The van der Waals surface area contributed by atoms with Crippen molar-refractivity contribution in [2.24, 2.45) is 0 Å². The third-order valence-electron chi connectivity index (χ3n) is 3.42. The third-order valence-corrected chi connectivity index (χ3v) is 4.46. The highest BCUT2D eigenvalue weighted by atomic mass is 35.5. The Balaban J connectivity index is 1.77. The van der Waals surface area contributed by atoms with Crippen molar-refractivity contribution in [3.05, 3.63) is 57.8 Å². The molecule has 2 aromatic heterocycles. The summed E-state index contributed by atoms with van der Waals surface area (Å²) in [5.74, 6) is -0.204. The zero-order valence-electron chi connectivity index (χ0n) is 12.1. The molecule has 0 aliphatic heterocycles. The number of halogens is 1. The zero-order chi connectivity index (χ0) is 15.7. The predicted octanol–water partition coefficient (Wildman–Crippen LogP) is 4.32. The maximum absolute atomic E-state index is 12.0. The van der Waals surface area contributed by atoms with Crippen molar-refractivity contribution >= 4 is 45.6 Å². The number of hydrogen-bond donors (Lipinski definition) is 1. The lowest BCUT2D eigenvalue weighted by atomic mass is 10.1. The van der Waals surface area contributed by atoms with Crippen LogP contribution in [0.15, 0.2) is 35.9 Å². The standard InChI is InChI=1S/C16H14ClN3OS/c1-10-3-4-12(9-11(10)2)18-14(21)6-5-13-15(17)19-16-20(13)7-8-22-16/h3-9H,1-2H3,(H,18,21)/b6-5+. The fourth-order valence-electron chi connectivity index (χ4n) is 2.08. The molecule has 0 unspecified atom stereocenters. The molecule has 0 aliphatic rings. The monoisotopic (exact) mass is 331 g/mol. The largest absolute Gasteiger partial charge is 0.323 e. The number of aryl methyl sites for hydroxylation is 2. The number of carbonyl (C=O) groups excluding carboxylic acids is 1. The van der Waals surface area contributed by atoms with Crippen LogP contribution in [-0.4, -0.2) is 15.3 Å². The number of rotatable bonds is 3. The summed E-state index contributed by atoms with van der Waals surface area (Å²) >= 11 is 7.58. The molecule has 0 radical (unpaired) electrons. The molecule has 0 saturated carbocycles. The van der Waals surface area contributed by atoms with E-state index in [1.54, 1.807) is 6.08 Å². The first-order valence-electron chi connectivity index (χ1n) is 6.72. The lowest BCUT2D eigenvalue weighted by molar-refractivity contribution is -0.111. The number of benzene rings is 1. The van der Waals surface area contributed by atoms with E-state index in [2.05, 4.69) is 10.3 Å². The predicted molar refractivity (Wildman–Crippen MR) is 91.7 cm³/mol. The Morgan fingerprint density at radius 3 is 2.95 bits per heavy atom. The van der Waals surface area contributed by atoms with Gasteiger partial charge in [-0.1, -0.05) is 17.7 Å². The number of fused-ring (bicyclic) bond motifs is 1. The summed E-state index contributed by atoms with van der Waals surface area (Å²) < 4.78 is 1.85. The van der Waals surface area contributed by atoms with E-state index >= 15 is 0 Å². The Morgan fingerprint density at radius 1 is 1.36 bits per heavy atom. The van der Waals surface area contributed by atoms with Gasteiger partial charge in [0.05, 0.1) is 5.69 Å². The van der Waals surface area contributed by atoms with Gasteiger partial charge in [0.15, 0.2) is 10.1 Å². The molecule has 22 heavy (non-hydrogen) atoms. The molecule has 1 aromatic carbocycles. The second-order valence-corrected chi connectivity index (χ2v) is 6.20. The molecule has 4 nitrogen and oxygen atoms in total. The summed E-state index contributed by atoms with van der Waals surface area (Å²) in [6, 6.07) is 5.82. The van der Waals surface area contributed by atoms with Crippen LogP contribution in [0.4, 0.5) is 5.69 Å². The molecule has 3 rings (SSSR count). The van der Waals surface area contributed by atoms with E-state index in [4.69, 9.17) is 11.6 Å². The highest BCUT2D eigenvalue weighted by Crippen LogP contribution is 2.22. The summed E-state index contributed by atoms with van der Waals surface area (Å²) in [6.45, 7) is 4.05. The van der Waals surface area contributed by atoms with E-state index in [-0.39, 0.29) is 5.91 Å². The van der Waals surface area contributed by atoms with Crippen molar-refractivity contribution < 1.29 is 4.79 Å². The van der Waals surface area contributed by atoms with Gasteiger partial charge < -0.3 is 5.32 Å². The van der Waals surface area contributed by atoms with Gasteiger partial charge in [0.1, 0.15) is 0 Å². The maximum Gasteiger partial charge on any atom is 0.248 e. The number of carbonyl (C=O) groups is 1. The number of aromatic nitrogens is 2. The van der Waals surface area contributed by atoms with Gasteiger partial charge >= 0.3 is 0 Å². The molecular formula is C16H14ClN3OS. The average molecular weight is 332 g/mol. The molecule has 0 atom stereocenters. The van der Waals surface area contributed by atoms with Crippen molar-refractivity contribution in [2.75, 3.05) is 5.32 Å². The average Bonchev–Trinajstić information content (AvgIpc) is 3.01. The molecule has 0 saturated heterocycles. The van der Waals surface area contributed by atoms with Crippen LogP contribution in [-0.2, 0) is 4.79 Å². The van der Waals surface area contributed by atoms with Gasteiger partial charge in [-0.2, -0.15) is 0 Å². The first-order chi connectivity index (χ1) is 10.5. The number of thiazole rings is 1. The Morgan fingerprint density at radius 2 is 2.18 bits per heavy atom. The van der Waals surface area contributed by atoms with Crippen LogP contribution in [0.5, 0.6) is 0 Å². The van der Waals surface area contributed by atoms with E-state index < -0.39 is 0 Å². The summed E-state index contributed by atoms with van der Waals surface area (Å²) in [4.78, 5) is 17.0. The highest BCUT2D eigenvalue weighted by molar-refractivity contribution is 7.15. The van der Waals surface area contributed by atoms with E-state index in [0.29, 0.717) is 10.8 Å². The van der Waals surface area contributed by atoms with E-state index in [1.165, 1.54) is 23.0 Å². The summed E-state index contributed by atoms with van der Waals surface area (Å²) in [6.07, 6.45) is 5.01. The lowest BCUT2D eigenvalue weighted by Gasteiger charge is -2.05. The van der Waals surface area contributed by atoms with Crippen LogP contribution in [0.2, 0.25) is 5.15 Å². The van der Waals surface area contributed by atoms with Gasteiger partial charge in [-0.25, -0.2) is 4.98 Å². The van der Waals surface area contributed by atoms with Gasteiger partial charge in [-0.3, -0.25) is 9.20 Å². The van der Waals surface area contributed by atoms with Crippen molar-refractivity contribution in [3.63, 3.8) is 0 Å². The van der Waals surface area contributed by atoms with Gasteiger partial charge in [0.2, 0.25) is 5.91 Å². The molecule has 3 aromatic rings. The lowest BCUT2D eigenvalue weighted by Crippen LogP contribution is -2.08. The fourth-order valence-corrected chi connectivity index (χ4v) is 3.09. The Kier molecular flexibility index (Phi) is 4.00. The highest BCUT2D eigenvalue weighted by Gasteiger charge is 2.08. The molecule has 1 N–H and O–H groups in total. The van der Waals surface area contributed by atoms with Crippen LogP contribution >= 0.6 is 22.9 Å². The molecule has 0 fully saturated rings. The Labute approximate surface area is 137 Å². The Hall–Kier alpha value is -2.11. The van der Waals surface area contributed by atoms with E-state index in [9.17, 15) is 4.79 Å². The number of amides is 1. The van der Waals surface area contributed by atoms with Crippen molar-refractivity contribution in [2.45, 2.75) is 13.8 Å². The summed E-state index contributed by atoms with van der Waals surface area (Å²) in [7, 11) is 0. The molecular weight excluding hydrogens is 318 g/mol. The van der Waals surface area contributed by atoms with Crippen LogP contribution in [0.3, 0.4) is 0 Å². The van der Waals surface area contributed by atoms with E-state index in [1.807, 2.05) is 48.0 Å². The minimum atomic E-state index is -0.204. The topological polar surface area (TPSA) is 46.4 Å². The first kappa shape index (κ1) is 14.8. The molecule has 2 heterocycles. The van der Waals surface area contributed by atoms with Crippen LogP contribution in [0.25, 0.3) is 11.0 Å². The number of nitrogens with zero attached hydrogens (tertiary/aromatic N) is 2. The molecule has 0 aliphatic carbocycles. The van der Waals surface area contributed by atoms with E-state index in [0.717, 1.165) is 16.2 Å². The van der Waals surface area contributed by atoms with Crippen molar-refractivity contribution in [1.82, 2.24) is 9.38 Å². The second-order valence-electron chi connectivity index (χ2n) is 4.97. The molecule has 0 spiro atoms. The number of anilines is 1. The van der Waals surface area contributed by atoms with Crippen LogP contribution in [0.1, 0.15) is 16.8 Å². The summed E-state index contributed by atoms with van der Waals surface area (Å²) in [5, 5.41) is 5.15. The SMILES string of the molecule is Cc1ccc(NC(=O)/C=C/c2c(Cl)nc3sccn23)cc1C. The summed E-state index contributed by atoms with van der Waals surface area (Å²) in [5.41, 5.74) is 3.81. The third kappa shape index (κ3) is 2.91. The number of nitrogens with one attached hydrogen (secondary N) is 1. The zero-order valence-corrected chi connectivity index (χ0v) is 13.7. The first-order valence-corrected chi connectivity index (χ1v) is 7.98. The molecule has 0 bridgehead atoms. The minimum Gasteiger partial charge on any atom is -0.323 e. The fraction of sp³-hybridized carbons (Fsp3) is 0.125. The smallest absolute Gasteiger partial charge is 0.248 e. The second kappa shape index (κ2) is 5.94. The molecule has 112 valence electrons. The van der Waals surface area contributed by atoms with Gasteiger partial charge in [-0.05, 0) is 43.2 Å². The number of hydrogen-bond acceptors (Lipinski definition) is 3. The Bertz CT molecular complexity index is 879. The molecule has 1 amide bonds. The minimum absolute atomic E-state index is 0.204. The van der Waals surface area contributed by atoms with Crippen molar-refractivity contribution in [1.29, 1.82) is 0 Å². The van der Waals surface area contributed by atoms with Crippen LogP contribution < -0.4 is 5.32 Å². The van der Waals surface area contributed by atoms with Gasteiger partial charge in [0, 0.05) is 23.3 Å². The normalized spacial score (nSPS) is 11.4. The van der Waals surface area contributed by atoms with Crippen LogP contribution in [0, 0.1) is 13.8 Å². The number of imidazole rings is 1. The maximum atomic E-state index is 12.0.